The number of hydrogen-bond donors (Lipinski definition) is 1. The lowest BCUT2D eigenvalue weighted by atomic mass is 9.93. The summed E-state index contributed by atoms with van der Waals surface area (Å²) in [6, 6.07) is 7.12. The van der Waals surface area contributed by atoms with Crippen LogP contribution < -0.4 is 5.32 Å². The molecule has 0 aromatic heterocycles. The van der Waals surface area contributed by atoms with E-state index in [2.05, 4.69) is 5.32 Å². The number of rotatable bonds is 4. The van der Waals surface area contributed by atoms with Crippen LogP contribution in [-0.2, 0) is 4.79 Å². The molecule has 0 radical (unpaired) electrons. The third-order valence-corrected chi connectivity index (χ3v) is 3.63. The van der Waals surface area contributed by atoms with Gasteiger partial charge in [-0.3, -0.25) is 14.9 Å². The minimum absolute atomic E-state index is 0.110. The Hall–Kier alpha value is -1.75. The maximum atomic E-state index is 11.2. The van der Waals surface area contributed by atoms with E-state index in [1.165, 1.54) is 12.1 Å². The van der Waals surface area contributed by atoms with Crippen molar-refractivity contribution in [1.29, 1.82) is 0 Å². The molecule has 0 spiro atoms. The fourth-order valence-electron chi connectivity index (χ4n) is 2.44. The second-order valence-corrected chi connectivity index (χ2v) is 5.05. The van der Waals surface area contributed by atoms with E-state index >= 15 is 0 Å². The maximum Gasteiger partial charge on any atom is 0.269 e. The minimum Gasteiger partial charge on any atom is -0.307 e. The Kier molecular flexibility index (Phi) is 4.27. The van der Waals surface area contributed by atoms with Gasteiger partial charge in [-0.1, -0.05) is 12.1 Å². The second-order valence-electron chi connectivity index (χ2n) is 5.05. The molecule has 0 amide bonds. The van der Waals surface area contributed by atoms with Crippen molar-refractivity contribution in [3.63, 3.8) is 0 Å². The number of hydrogen-bond acceptors (Lipinski definition) is 4. The van der Waals surface area contributed by atoms with Gasteiger partial charge in [-0.25, -0.2) is 0 Å². The zero-order valence-corrected chi connectivity index (χ0v) is 11.0. The highest BCUT2D eigenvalue weighted by Crippen LogP contribution is 2.21. The van der Waals surface area contributed by atoms with Crippen molar-refractivity contribution >= 4 is 11.5 Å². The van der Waals surface area contributed by atoms with Gasteiger partial charge in [0.1, 0.15) is 5.78 Å². The lowest BCUT2D eigenvalue weighted by molar-refractivity contribution is -0.384. The highest BCUT2D eigenvalue weighted by atomic mass is 16.6. The molecule has 1 aliphatic carbocycles. The summed E-state index contributed by atoms with van der Waals surface area (Å²) in [5.74, 6) is 0.348. The van der Waals surface area contributed by atoms with Gasteiger partial charge in [0.25, 0.3) is 5.69 Å². The molecule has 1 saturated carbocycles. The number of benzene rings is 1. The lowest BCUT2D eigenvalue weighted by Crippen LogP contribution is -2.35. The Balaban J connectivity index is 1.94. The molecule has 1 aromatic rings. The highest BCUT2D eigenvalue weighted by molar-refractivity contribution is 5.79. The quantitative estimate of drug-likeness (QED) is 0.669. The van der Waals surface area contributed by atoms with E-state index in [1.807, 2.05) is 6.92 Å². The number of nitro groups is 1. The zero-order valence-electron chi connectivity index (χ0n) is 11.0. The van der Waals surface area contributed by atoms with Crippen LogP contribution in [0.15, 0.2) is 24.3 Å². The van der Waals surface area contributed by atoms with E-state index in [0.29, 0.717) is 24.7 Å². The van der Waals surface area contributed by atoms with Crippen LogP contribution >= 0.6 is 0 Å². The van der Waals surface area contributed by atoms with Gasteiger partial charge in [0, 0.05) is 37.1 Å². The summed E-state index contributed by atoms with van der Waals surface area (Å²) in [6.45, 7) is 2.04. The third-order valence-electron chi connectivity index (χ3n) is 3.63. The smallest absolute Gasteiger partial charge is 0.269 e. The van der Waals surface area contributed by atoms with E-state index < -0.39 is 4.92 Å². The van der Waals surface area contributed by atoms with Crippen LogP contribution in [0.5, 0.6) is 0 Å². The molecule has 1 atom stereocenters. The molecule has 0 bridgehead atoms. The van der Waals surface area contributed by atoms with Crippen molar-refractivity contribution in [3.8, 4) is 0 Å². The predicted octanol–water partition coefficient (Wildman–Crippen LogP) is 2.76. The molecular weight excluding hydrogens is 244 g/mol. The molecule has 0 heterocycles. The largest absolute Gasteiger partial charge is 0.307 e. The zero-order chi connectivity index (χ0) is 13.8. The van der Waals surface area contributed by atoms with Crippen molar-refractivity contribution in [3.05, 3.63) is 39.9 Å². The molecule has 1 aromatic carbocycles. The number of nitrogens with zero attached hydrogens (tertiary/aromatic N) is 1. The van der Waals surface area contributed by atoms with Crippen molar-refractivity contribution < 1.29 is 9.72 Å². The average Bonchev–Trinajstić information content (AvgIpc) is 2.41. The third kappa shape index (κ3) is 3.61. The monoisotopic (exact) mass is 262 g/mol. The van der Waals surface area contributed by atoms with Crippen LogP contribution in [0.4, 0.5) is 5.69 Å². The first-order valence-electron chi connectivity index (χ1n) is 6.58. The normalized spacial score (nSPS) is 18.3. The summed E-state index contributed by atoms with van der Waals surface area (Å²) < 4.78 is 0. The molecule has 5 nitrogen and oxygen atoms in total. The van der Waals surface area contributed by atoms with Gasteiger partial charge in [0.2, 0.25) is 0 Å². The summed E-state index contributed by atoms with van der Waals surface area (Å²) in [5, 5.41) is 14.1. The van der Waals surface area contributed by atoms with Crippen LogP contribution in [0.25, 0.3) is 0 Å². The van der Waals surface area contributed by atoms with Crippen molar-refractivity contribution in [2.75, 3.05) is 0 Å². The molecule has 1 fully saturated rings. The molecule has 1 aliphatic rings. The number of nitrogens with one attached hydrogen (secondary N) is 1. The van der Waals surface area contributed by atoms with Gasteiger partial charge in [-0.2, -0.15) is 0 Å². The Morgan fingerprint density at radius 1 is 1.26 bits per heavy atom. The van der Waals surface area contributed by atoms with Gasteiger partial charge >= 0.3 is 0 Å². The molecule has 0 unspecified atom stereocenters. The lowest BCUT2D eigenvalue weighted by Gasteiger charge is -2.26. The van der Waals surface area contributed by atoms with Crippen LogP contribution in [0.3, 0.4) is 0 Å². The Labute approximate surface area is 112 Å². The molecule has 2 rings (SSSR count). The molecule has 0 saturated heterocycles. The fraction of sp³-hybridized carbons (Fsp3) is 0.500. The van der Waals surface area contributed by atoms with Gasteiger partial charge in [0.15, 0.2) is 0 Å². The Morgan fingerprint density at radius 3 is 2.37 bits per heavy atom. The standard InChI is InChI=1S/C14H18N2O3/c1-10(15-12-4-8-14(17)9-5-12)11-2-6-13(7-3-11)16(18)19/h2-3,6-7,10,12,15H,4-5,8-9H2,1H3/t10-/m1/s1. The van der Waals surface area contributed by atoms with E-state index in [9.17, 15) is 14.9 Å². The number of nitro benzene ring substituents is 1. The van der Waals surface area contributed by atoms with E-state index in [0.717, 1.165) is 18.4 Å². The van der Waals surface area contributed by atoms with Crippen molar-refractivity contribution in [2.45, 2.75) is 44.7 Å². The molecule has 5 heteroatoms. The maximum absolute atomic E-state index is 11.2. The number of carbonyl (C=O) groups excluding carboxylic acids is 1. The van der Waals surface area contributed by atoms with Crippen LogP contribution in [0, 0.1) is 10.1 Å². The van der Waals surface area contributed by atoms with Crippen LogP contribution in [0.2, 0.25) is 0 Å². The summed E-state index contributed by atoms with van der Waals surface area (Å²) >= 11 is 0. The highest BCUT2D eigenvalue weighted by Gasteiger charge is 2.20. The summed E-state index contributed by atoms with van der Waals surface area (Å²) in [5.41, 5.74) is 1.14. The van der Waals surface area contributed by atoms with Crippen molar-refractivity contribution in [2.24, 2.45) is 0 Å². The number of non-ortho nitro benzene ring substituents is 1. The van der Waals surface area contributed by atoms with Gasteiger partial charge in [-0.05, 0) is 25.3 Å². The first-order valence-corrected chi connectivity index (χ1v) is 6.58. The minimum atomic E-state index is -0.394. The summed E-state index contributed by atoms with van der Waals surface area (Å²) in [4.78, 5) is 21.4. The van der Waals surface area contributed by atoms with Gasteiger partial charge in [0.05, 0.1) is 4.92 Å². The van der Waals surface area contributed by atoms with Gasteiger partial charge < -0.3 is 5.32 Å². The molecule has 102 valence electrons. The van der Waals surface area contributed by atoms with Crippen molar-refractivity contribution in [1.82, 2.24) is 5.32 Å². The average molecular weight is 262 g/mol. The molecular formula is C14H18N2O3. The first kappa shape index (κ1) is 13.7. The number of ketones is 1. The summed E-state index contributed by atoms with van der Waals surface area (Å²) in [6.07, 6.45) is 3.08. The fourth-order valence-corrected chi connectivity index (χ4v) is 2.44. The first-order chi connectivity index (χ1) is 9.06. The Bertz CT molecular complexity index is 460. The van der Waals surface area contributed by atoms with E-state index in [4.69, 9.17) is 0 Å². The van der Waals surface area contributed by atoms with Gasteiger partial charge in [-0.15, -0.1) is 0 Å². The second kappa shape index (κ2) is 5.93. The summed E-state index contributed by atoms with van der Waals surface area (Å²) in [7, 11) is 0. The SMILES string of the molecule is C[C@@H](NC1CCC(=O)CC1)c1ccc([N+](=O)[O-])cc1. The number of Topliss-reactive ketones (excluding diaryl/α,β-unsaturated/α-hetero) is 1. The van der Waals surface area contributed by atoms with E-state index in [-0.39, 0.29) is 11.7 Å². The Morgan fingerprint density at radius 2 is 1.84 bits per heavy atom. The van der Waals surface area contributed by atoms with Crippen LogP contribution in [-0.4, -0.2) is 16.7 Å². The predicted molar refractivity (Wildman–Crippen MR) is 71.9 cm³/mol. The van der Waals surface area contributed by atoms with Crippen LogP contribution in [0.1, 0.15) is 44.2 Å². The molecule has 19 heavy (non-hydrogen) atoms. The molecule has 0 aliphatic heterocycles. The van der Waals surface area contributed by atoms with E-state index in [1.54, 1.807) is 12.1 Å². The topological polar surface area (TPSA) is 72.2 Å². The molecule has 1 N–H and O–H groups in total. The number of carbonyl (C=O) groups is 1.